The molecule has 0 bridgehead atoms. The number of hydrogen-bond donors (Lipinski definition) is 2. The molecule has 0 heterocycles. The van der Waals surface area contributed by atoms with Crippen LogP contribution >= 0.6 is 0 Å². The number of carbonyl (C=O) groups excluding carboxylic acids is 1. The summed E-state index contributed by atoms with van der Waals surface area (Å²) in [6.45, 7) is 4.30. The maximum absolute atomic E-state index is 12.2. The fourth-order valence-electron chi connectivity index (χ4n) is 2.30. The van der Waals surface area contributed by atoms with Crippen molar-refractivity contribution in [2.24, 2.45) is 5.92 Å². The van der Waals surface area contributed by atoms with Crippen molar-refractivity contribution >= 4 is 21.6 Å². The predicted octanol–water partition coefficient (Wildman–Crippen LogP) is 3.05. The molecule has 0 unspecified atom stereocenters. The molecule has 2 rings (SSSR count). The van der Waals surface area contributed by atoms with E-state index in [1.807, 2.05) is 12.1 Å². The van der Waals surface area contributed by atoms with E-state index in [1.54, 1.807) is 24.3 Å². The molecule has 0 aromatic heterocycles. The highest BCUT2D eigenvalue weighted by Crippen LogP contribution is 2.15. The fraction of sp³-hybridized carbons (Fsp3) is 0.278. The number of carbonyl (C=O) groups is 1. The highest BCUT2D eigenvalue weighted by molar-refractivity contribution is 7.89. The Hall–Kier alpha value is -2.18. The Balaban J connectivity index is 2.07. The molecule has 1 amide bonds. The molecular formula is C18H22N2O3S. The van der Waals surface area contributed by atoms with Crippen molar-refractivity contribution in [2.45, 2.75) is 25.2 Å². The molecule has 0 aliphatic heterocycles. The van der Waals surface area contributed by atoms with Crippen LogP contribution < -0.4 is 10.0 Å². The minimum atomic E-state index is -3.47. The summed E-state index contributed by atoms with van der Waals surface area (Å²) >= 11 is 0. The summed E-state index contributed by atoms with van der Waals surface area (Å²) in [4.78, 5) is 12.4. The van der Waals surface area contributed by atoms with Crippen LogP contribution in [0.3, 0.4) is 0 Å². The summed E-state index contributed by atoms with van der Waals surface area (Å²) in [5.41, 5.74) is 2.30. The van der Waals surface area contributed by atoms with Gasteiger partial charge in [0, 0.05) is 11.3 Å². The highest BCUT2D eigenvalue weighted by Gasteiger charge is 2.11. The number of anilines is 1. The SMILES string of the molecule is CNS(=O)(=O)c1ccc(NC(=O)c2ccc(CC(C)C)cc2)cc1. The second kappa shape index (κ2) is 7.59. The first-order valence-electron chi connectivity index (χ1n) is 7.75. The molecule has 5 nitrogen and oxygen atoms in total. The Morgan fingerprint density at radius 2 is 1.58 bits per heavy atom. The first-order chi connectivity index (χ1) is 11.3. The Kier molecular flexibility index (Phi) is 5.75. The third kappa shape index (κ3) is 4.66. The average molecular weight is 346 g/mol. The van der Waals surface area contributed by atoms with Crippen LogP contribution in [0, 0.1) is 5.92 Å². The molecule has 2 aromatic carbocycles. The van der Waals surface area contributed by atoms with Crippen molar-refractivity contribution in [3.05, 3.63) is 59.7 Å². The number of hydrogen-bond acceptors (Lipinski definition) is 3. The molecule has 0 radical (unpaired) electrons. The van der Waals surface area contributed by atoms with Crippen LogP contribution in [0.4, 0.5) is 5.69 Å². The first kappa shape index (κ1) is 18.2. The Labute approximate surface area is 143 Å². The van der Waals surface area contributed by atoms with Crippen molar-refractivity contribution in [2.75, 3.05) is 12.4 Å². The lowest BCUT2D eigenvalue weighted by Crippen LogP contribution is -2.18. The average Bonchev–Trinajstić information content (AvgIpc) is 2.55. The van der Waals surface area contributed by atoms with E-state index in [0.29, 0.717) is 17.2 Å². The lowest BCUT2D eigenvalue weighted by atomic mass is 10.0. The lowest BCUT2D eigenvalue weighted by Gasteiger charge is -2.08. The third-order valence-electron chi connectivity index (χ3n) is 3.55. The van der Waals surface area contributed by atoms with Gasteiger partial charge in [-0.3, -0.25) is 4.79 Å². The summed E-state index contributed by atoms with van der Waals surface area (Å²) in [5, 5.41) is 2.76. The Morgan fingerprint density at radius 1 is 1.00 bits per heavy atom. The summed E-state index contributed by atoms with van der Waals surface area (Å²) in [6.07, 6.45) is 0.975. The molecule has 128 valence electrons. The number of sulfonamides is 1. The van der Waals surface area contributed by atoms with E-state index in [4.69, 9.17) is 0 Å². The van der Waals surface area contributed by atoms with Crippen LogP contribution in [-0.4, -0.2) is 21.4 Å². The van der Waals surface area contributed by atoms with Gasteiger partial charge in [0.15, 0.2) is 0 Å². The number of amides is 1. The third-order valence-corrected chi connectivity index (χ3v) is 4.98. The molecule has 0 saturated carbocycles. The lowest BCUT2D eigenvalue weighted by molar-refractivity contribution is 0.102. The zero-order valence-corrected chi connectivity index (χ0v) is 14.9. The van der Waals surface area contributed by atoms with Crippen molar-refractivity contribution in [1.29, 1.82) is 0 Å². The summed E-state index contributed by atoms with van der Waals surface area (Å²) in [5.74, 6) is 0.340. The van der Waals surface area contributed by atoms with Gasteiger partial charge in [-0.25, -0.2) is 13.1 Å². The standard InChI is InChI=1S/C18H22N2O3S/c1-13(2)12-14-4-6-15(7-5-14)18(21)20-16-8-10-17(11-9-16)24(22,23)19-3/h4-11,13,19H,12H2,1-3H3,(H,20,21). The normalized spacial score (nSPS) is 11.5. The van der Waals surface area contributed by atoms with E-state index in [-0.39, 0.29) is 10.8 Å². The highest BCUT2D eigenvalue weighted by atomic mass is 32.2. The van der Waals surface area contributed by atoms with Crippen LogP contribution in [0.5, 0.6) is 0 Å². The maximum atomic E-state index is 12.2. The van der Waals surface area contributed by atoms with Gasteiger partial charge in [-0.1, -0.05) is 26.0 Å². The van der Waals surface area contributed by atoms with E-state index in [0.717, 1.165) is 6.42 Å². The maximum Gasteiger partial charge on any atom is 0.255 e. The molecule has 2 aromatic rings. The van der Waals surface area contributed by atoms with E-state index in [9.17, 15) is 13.2 Å². The van der Waals surface area contributed by atoms with E-state index in [1.165, 1.54) is 24.7 Å². The van der Waals surface area contributed by atoms with Crippen LogP contribution in [-0.2, 0) is 16.4 Å². The zero-order valence-electron chi connectivity index (χ0n) is 14.0. The fourth-order valence-corrected chi connectivity index (χ4v) is 3.03. The van der Waals surface area contributed by atoms with E-state index in [2.05, 4.69) is 23.9 Å². The van der Waals surface area contributed by atoms with Crippen molar-refractivity contribution in [3.8, 4) is 0 Å². The molecule has 0 spiro atoms. The molecule has 0 aliphatic rings. The molecular weight excluding hydrogens is 324 g/mol. The second-order valence-corrected chi connectivity index (χ2v) is 7.87. The second-order valence-electron chi connectivity index (χ2n) is 5.98. The van der Waals surface area contributed by atoms with Crippen LogP contribution in [0.2, 0.25) is 0 Å². The molecule has 2 N–H and O–H groups in total. The molecule has 24 heavy (non-hydrogen) atoms. The predicted molar refractivity (Wildman–Crippen MR) is 95.6 cm³/mol. The van der Waals surface area contributed by atoms with Crippen molar-refractivity contribution < 1.29 is 13.2 Å². The van der Waals surface area contributed by atoms with Gasteiger partial charge < -0.3 is 5.32 Å². The van der Waals surface area contributed by atoms with Crippen molar-refractivity contribution in [3.63, 3.8) is 0 Å². The smallest absolute Gasteiger partial charge is 0.255 e. The largest absolute Gasteiger partial charge is 0.322 e. The molecule has 0 atom stereocenters. The minimum absolute atomic E-state index is 0.154. The number of rotatable bonds is 6. The van der Waals surface area contributed by atoms with Gasteiger partial charge in [-0.2, -0.15) is 0 Å². The van der Waals surface area contributed by atoms with Gasteiger partial charge >= 0.3 is 0 Å². The number of benzene rings is 2. The Bertz CT molecular complexity index is 795. The quantitative estimate of drug-likeness (QED) is 0.844. The van der Waals surface area contributed by atoms with Crippen LogP contribution in [0.1, 0.15) is 29.8 Å². The molecule has 0 aliphatic carbocycles. The Morgan fingerprint density at radius 3 is 2.08 bits per heavy atom. The molecule has 0 saturated heterocycles. The van der Waals surface area contributed by atoms with Gasteiger partial charge in [0.2, 0.25) is 10.0 Å². The summed E-state index contributed by atoms with van der Waals surface area (Å²) in [6, 6.07) is 13.5. The van der Waals surface area contributed by atoms with Gasteiger partial charge in [-0.05, 0) is 61.3 Å². The summed E-state index contributed by atoms with van der Waals surface area (Å²) in [7, 11) is -2.12. The van der Waals surface area contributed by atoms with Crippen LogP contribution in [0.15, 0.2) is 53.4 Å². The molecule has 0 fully saturated rings. The number of nitrogens with one attached hydrogen (secondary N) is 2. The van der Waals surface area contributed by atoms with Gasteiger partial charge in [0.05, 0.1) is 4.90 Å². The zero-order chi connectivity index (χ0) is 17.7. The summed E-state index contributed by atoms with van der Waals surface area (Å²) < 4.78 is 25.6. The monoisotopic (exact) mass is 346 g/mol. The molecule has 6 heteroatoms. The van der Waals surface area contributed by atoms with Crippen LogP contribution in [0.25, 0.3) is 0 Å². The van der Waals surface area contributed by atoms with Gasteiger partial charge in [0.25, 0.3) is 5.91 Å². The van der Waals surface area contributed by atoms with E-state index < -0.39 is 10.0 Å². The van der Waals surface area contributed by atoms with Gasteiger partial charge in [0.1, 0.15) is 0 Å². The van der Waals surface area contributed by atoms with Gasteiger partial charge in [-0.15, -0.1) is 0 Å². The van der Waals surface area contributed by atoms with Crippen molar-refractivity contribution in [1.82, 2.24) is 4.72 Å². The minimum Gasteiger partial charge on any atom is -0.322 e. The first-order valence-corrected chi connectivity index (χ1v) is 9.24. The topological polar surface area (TPSA) is 75.3 Å². The van der Waals surface area contributed by atoms with E-state index >= 15 is 0 Å².